The number of carbonyl (C=O) groups excluding carboxylic acids is 2. The Morgan fingerprint density at radius 2 is 2.12 bits per heavy atom. The number of methoxy groups -OCH3 is 2. The Bertz CT molecular complexity index is 618. The molecule has 1 aromatic carbocycles. The molecule has 2 aliphatic rings. The van der Waals surface area contributed by atoms with Crippen LogP contribution in [0.3, 0.4) is 0 Å². The van der Waals surface area contributed by atoms with E-state index in [0.717, 1.165) is 36.4 Å². The number of amides is 3. The van der Waals surface area contributed by atoms with Gasteiger partial charge in [0.25, 0.3) is 0 Å². The summed E-state index contributed by atoms with van der Waals surface area (Å²) in [6.45, 7) is 1.75. The van der Waals surface area contributed by atoms with E-state index in [1.165, 1.54) is 9.80 Å². The predicted octanol–water partition coefficient (Wildman–Crippen LogP) is 0.323. The number of carbonyl (C=O) groups is 2. The van der Waals surface area contributed by atoms with E-state index in [2.05, 4.69) is 5.32 Å². The maximum Gasteiger partial charge on any atom is 0.328 e. The van der Waals surface area contributed by atoms with Gasteiger partial charge in [-0.05, 0) is 12.1 Å². The minimum Gasteiger partial charge on any atom is -0.497 e. The Kier molecular flexibility index (Phi) is 4.89. The van der Waals surface area contributed by atoms with Crippen LogP contribution >= 0.6 is 0 Å². The van der Waals surface area contributed by atoms with Gasteiger partial charge in [-0.1, -0.05) is 0 Å². The first-order chi connectivity index (χ1) is 11.6. The largest absolute Gasteiger partial charge is 0.497 e. The average molecular weight is 334 g/mol. The van der Waals surface area contributed by atoms with Crippen LogP contribution in [0, 0.1) is 0 Å². The molecule has 24 heavy (non-hydrogen) atoms. The van der Waals surface area contributed by atoms with E-state index >= 15 is 0 Å². The van der Waals surface area contributed by atoms with Gasteiger partial charge in [0.1, 0.15) is 17.5 Å². The molecule has 1 aromatic rings. The SMILES string of the molecule is COc1ccc([C@@H]2CCC[NH+]2CN2C(=O)CCNC2=O)c(OC)c1. The van der Waals surface area contributed by atoms with Crippen molar-refractivity contribution in [2.24, 2.45) is 0 Å². The lowest BCUT2D eigenvalue weighted by Crippen LogP contribution is -3.12. The highest BCUT2D eigenvalue weighted by molar-refractivity contribution is 5.96. The maximum absolute atomic E-state index is 12.1. The third-order valence-corrected chi connectivity index (χ3v) is 4.82. The fourth-order valence-corrected chi connectivity index (χ4v) is 3.57. The topological polar surface area (TPSA) is 72.3 Å². The fourth-order valence-electron chi connectivity index (χ4n) is 3.57. The quantitative estimate of drug-likeness (QED) is 0.814. The maximum atomic E-state index is 12.1. The highest BCUT2D eigenvalue weighted by Gasteiger charge is 2.37. The first-order valence-electron chi connectivity index (χ1n) is 8.28. The van der Waals surface area contributed by atoms with Gasteiger partial charge in [0, 0.05) is 31.9 Å². The molecule has 2 atom stereocenters. The zero-order valence-electron chi connectivity index (χ0n) is 14.1. The van der Waals surface area contributed by atoms with Crippen LogP contribution in [0.2, 0.25) is 0 Å². The molecule has 2 saturated heterocycles. The molecule has 0 radical (unpaired) electrons. The van der Waals surface area contributed by atoms with Crippen LogP contribution in [0.1, 0.15) is 30.9 Å². The van der Waals surface area contributed by atoms with Gasteiger partial charge < -0.3 is 19.7 Å². The van der Waals surface area contributed by atoms with Crippen LogP contribution < -0.4 is 19.7 Å². The molecule has 2 N–H and O–H groups in total. The summed E-state index contributed by atoms with van der Waals surface area (Å²) in [4.78, 5) is 26.6. The van der Waals surface area contributed by atoms with Crippen LogP contribution in [-0.2, 0) is 4.79 Å². The number of ether oxygens (including phenoxy) is 2. The number of likely N-dealkylation sites (tertiary alicyclic amines) is 1. The zero-order chi connectivity index (χ0) is 17.1. The molecule has 0 saturated carbocycles. The fraction of sp³-hybridized carbons (Fsp3) is 0.529. The van der Waals surface area contributed by atoms with Gasteiger partial charge in [-0.3, -0.25) is 4.79 Å². The van der Waals surface area contributed by atoms with Crippen molar-refractivity contribution < 1.29 is 24.0 Å². The molecule has 2 heterocycles. The minimum absolute atomic E-state index is 0.0985. The number of hydrogen-bond donors (Lipinski definition) is 2. The second-order valence-electron chi connectivity index (χ2n) is 6.17. The minimum atomic E-state index is -0.286. The molecule has 3 amide bonds. The Labute approximate surface area is 141 Å². The van der Waals surface area contributed by atoms with Crippen molar-refractivity contribution in [1.82, 2.24) is 10.2 Å². The molecule has 7 nitrogen and oxygen atoms in total. The van der Waals surface area contributed by atoms with E-state index in [1.807, 2.05) is 18.2 Å². The second-order valence-corrected chi connectivity index (χ2v) is 6.17. The molecular weight excluding hydrogens is 310 g/mol. The van der Waals surface area contributed by atoms with Gasteiger partial charge in [0.2, 0.25) is 5.91 Å². The van der Waals surface area contributed by atoms with E-state index in [4.69, 9.17) is 9.47 Å². The second kappa shape index (κ2) is 7.09. The summed E-state index contributed by atoms with van der Waals surface area (Å²) >= 11 is 0. The summed E-state index contributed by atoms with van der Waals surface area (Å²) in [6, 6.07) is 5.74. The first-order valence-corrected chi connectivity index (χ1v) is 8.28. The summed E-state index contributed by atoms with van der Waals surface area (Å²) in [5.74, 6) is 1.44. The summed E-state index contributed by atoms with van der Waals surface area (Å²) < 4.78 is 10.8. The summed E-state index contributed by atoms with van der Waals surface area (Å²) in [5.41, 5.74) is 1.09. The van der Waals surface area contributed by atoms with Crippen LogP contribution in [0.15, 0.2) is 18.2 Å². The van der Waals surface area contributed by atoms with Gasteiger partial charge in [0.05, 0.1) is 26.3 Å². The smallest absolute Gasteiger partial charge is 0.328 e. The summed E-state index contributed by atoms with van der Waals surface area (Å²) in [5, 5.41) is 2.74. The van der Waals surface area contributed by atoms with Gasteiger partial charge in [-0.2, -0.15) is 0 Å². The summed E-state index contributed by atoms with van der Waals surface area (Å²) in [7, 11) is 3.27. The molecule has 2 aliphatic heterocycles. The lowest BCUT2D eigenvalue weighted by Gasteiger charge is -2.30. The third kappa shape index (κ3) is 3.17. The van der Waals surface area contributed by atoms with Gasteiger partial charge >= 0.3 is 6.03 Å². The van der Waals surface area contributed by atoms with Crippen molar-refractivity contribution in [2.45, 2.75) is 25.3 Å². The van der Waals surface area contributed by atoms with Crippen molar-refractivity contribution in [1.29, 1.82) is 0 Å². The number of rotatable bonds is 5. The van der Waals surface area contributed by atoms with Gasteiger partial charge in [-0.25, -0.2) is 9.69 Å². The van der Waals surface area contributed by atoms with Crippen molar-refractivity contribution in [2.75, 3.05) is 34.0 Å². The highest BCUT2D eigenvalue weighted by atomic mass is 16.5. The molecule has 7 heteroatoms. The number of nitrogens with one attached hydrogen (secondary N) is 2. The van der Waals surface area contributed by atoms with Crippen molar-refractivity contribution in [3.63, 3.8) is 0 Å². The van der Waals surface area contributed by atoms with Gasteiger partial charge in [-0.15, -0.1) is 0 Å². The van der Waals surface area contributed by atoms with E-state index in [9.17, 15) is 9.59 Å². The first kappa shape index (κ1) is 16.6. The Hall–Kier alpha value is -2.28. The molecule has 3 rings (SSSR count). The van der Waals surface area contributed by atoms with E-state index in [0.29, 0.717) is 19.6 Å². The lowest BCUT2D eigenvalue weighted by atomic mass is 10.0. The molecule has 2 fully saturated rings. The molecular formula is C17H24N3O4+. The van der Waals surface area contributed by atoms with Crippen LogP contribution in [0.5, 0.6) is 11.5 Å². The Morgan fingerprint density at radius 1 is 1.29 bits per heavy atom. The average Bonchev–Trinajstić information content (AvgIpc) is 3.05. The van der Waals surface area contributed by atoms with Crippen molar-refractivity contribution in [3.8, 4) is 11.5 Å². The molecule has 0 bridgehead atoms. The zero-order valence-corrected chi connectivity index (χ0v) is 14.1. The molecule has 0 spiro atoms. The number of urea groups is 1. The molecule has 1 unspecified atom stereocenters. The lowest BCUT2D eigenvalue weighted by molar-refractivity contribution is -0.925. The van der Waals surface area contributed by atoms with E-state index < -0.39 is 0 Å². The standard InChI is InChI=1S/C17H23N3O4/c1-23-12-5-6-13(15(10-12)24-2)14-4-3-9-19(14)11-20-16(21)7-8-18-17(20)22/h5-6,10,14H,3-4,7-9,11H2,1-2H3,(H,18,22)/p+1/t14-/m0/s1. The van der Waals surface area contributed by atoms with Crippen LogP contribution in [0.4, 0.5) is 4.79 Å². The number of benzene rings is 1. The third-order valence-electron chi connectivity index (χ3n) is 4.82. The predicted molar refractivity (Wildman–Crippen MR) is 87.1 cm³/mol. The van der Waals surface area contributed by atoms with E-state index in [1.54, 1.807) is 14.2 Å². The number of quaternary nitrogens is 1. The number of nitrogens with zero attached hydrogens (tertiary/aromatic N) is 1. The van der Waals surface area contributed by atoms with Crippen LogP contribution in [0.25, 0.3) is 0 Å². The number of hydrogen-bond acceptors (Lipinski definition) is 4. The van der Waals surface area contributed by atoms with E-state index in [-0.39, 0.29) is 18.0 Å². The molecule has 0 aromatic heterocycles. The molecule has 130 valence electrons. The Morgan fingerprint density at radius 3 is 2.83 bits per heavy atom. The highest BCUT2D eigenvalue weighted by Crippen LogP contribution is 2.31. The number of imide groups is 1. The van der Waals surface area contributed by atoms with Crippen molar-refractivity contribution in [3.05, 3.63) is 23.8 Å². The van der Waals surface area contributed by atoms with Crippen LogP contribution in [-0.4, -0.2) is 50.8 Å². The Balaban J connectivity index is 1.80. The monoisotopic (exact) mass is 334 g/mol. The normalized spacial score (nSPS) is 24.0. The van der Waals surface area contributed by atoms with Crippen molar-refractivity contribution >= 4 is 11.9 Å². The summed E-state index contributed by atoms with van der Waals surface area (Å²) in [6.07, 6.45) is 2.43. The molecule has 0 aliphatic carbocycles. The van der Waals surface area contributed by atoms with Gasteiger partial charge in [0.15, 0.2) is 6.67 Å².